The van der Waals surface area contributed by atoms with Gasteiger partial charge in [-0.1, -0.05) is 0 Å². The molecule has 0 atom stereocenters. The van der Waals surface area contributed by atoms with Gasteiger partial charge in [-0.05, 0) is 13.8 Å². The fourth-order valence-corrected chi connectivity index (χ4v) is 5.54. The van der Waals surface area contributed by atoms with E-state index in [2.05, 4.69) is 10.1 Å². The minimum atomic E-state index is -3.66. The molecule has 1 heterocycles. The number of sulfone groups is 1. The lowest BCUT2D eigenvalue weighted by Gasteiger charge is -2.16. The molecule has 0 N–H and O–H groups in total. The summed E-state index contributed by atoms with van der Waals surface area (Å²) in [6.07, 6.45) is 2.49. The van der Waals surface area contributed by atoms with Crippen LogP contribution in [0.4, 0.5) is 0 Å². The van der Waals surface area contributed by atoms with Gasteiger partial charge in [0.1, 0.15) is 18.5 Å². The maximum atomic E-state index is 12.1. The zero-order chi connectivity index (χ0) is 13.6. The molecule has 1 aromatic heterocycles. The molecule has 0 amide bonds. The van der Waals surface area contributed by atoms with E-state index >= 15 is 0 Å². The van der Waals surface area contributed by atoms with Gasteiger partial charge in [-0.3, -0.25) is 4.57 Å². The molecule has 0 spiro atoms. The van der Waals surface area contributed by atoms with Gasteiger partial charge in [-0.2, -0.15) is 5.10 Å². The third-order valence-electron chi connectivity index (χ3n) is 1.80. The first kappa shape index (κ1) is 15.3. The third kappa shape index (κ3) is 4.85. The summed E-state index contributed by atoms with van der Waals surface area (Å²) in [4.78, 5) is 3.63. The van der Waals surface area contributed by atoms with Crippen LogP contribution < -0.4 is 0 Å². The van der Waals surface area contributed by atoms with E-state index in [0.717, 1.165) is 4.68 Å². The van der Waals surface area contributed by atoms with Gasteiger partial charge in [0.15, 0.2) is 15.3 Å². The topological polar surface area (TPSA) is 100 Å². The standard InChI is InChI=1S/C8H16N3O5PS/c1-3-15-17(12,16-4-2)8-18(13,14)7-11-6-9-5-10-11/h5-6H,3-4,7-8H2,1-2H3. The van der Waals surface area contributed by atoms with Crippen LogP contribution in [0.25, 0.3) is 0 Å². The van der Waals surface area contributed by atoms with Gasteiger partial charge in [0.05, 0.1) is 13.2 Å². The molecule has 0 bridgehead atoms. The summed E-state index contributed by atoms with van der Waals surface area (Å²) in [6.45, 7) is 3.48. The average molecular weight is 297 g/mol. The van der Waals surface area contributed by atoms with Gasteiger partial charge in [-0.25, -0.2) is 18.1 Å². The molecule has 0 unspecified atom stereocenters. The van der Waals surface area contributed by atoms with Gasteiger partial charge >= 0.3 is 7.60 Å². The number of nitrogens with zero attached hydrogens (tertiary/aromatic N) is 3. The van der Waals surface area contributed by atoms with E-state index in [1.165, 1.54) is 12.7 Å². The molecule has 0 aromatic carbocycles. The van der Waals surface area contributed by atoms with Crippen LogP contribution >= 0.6 is 7.60 Å². The Labute approximate surface area is 106 Å². The summed E-state index contributed by atoms with van der Waals surface area (Å²) in [6, 6.07) is 0. The van der Waals surface area contributed by atoms with Gasteiger partial charge in [0, 0.05) is 0 Å². The lowest BCUT2D eigenvalue weighted by molar-refractivity contribution is 0.223. The van der Waals surface area contributed by atoms with E-state index in [9.17, 15) is 13.0 Å². The van der Waals surface area contributed by atoms with Crippen molar-refractivity contribution in [2.24, 2.45) is 0 Å². The van der Waals surface area contributed by atoms with Crippen molar-refractivity contribution in [1.29, 1.82) is 0 Å². The van der Waals surface area contributed by atoms with Crippen molar-refractivity contribution in [2.75, 3.05) is 18.7 Å². The quantitative estimate of drug-likeness (QED) is 0.656. The van der Waals surface area contributed by atoms with E-state index in [1.54, 1.807) is 13.8 Å². The first-order chi connectivity index (χ1) is 8.41. The maximum Gasteiger partial charge on any atom is 0.345 e. The second-order valence-corrected chi connectivity index (χ2v) is 7.90. The first-order valence-corrected chi connectivity index (χ1v) is 8.86. The molecule has 10 heteroatoms. The van der Waals surface area contributed by atoms with Gasteiger partial charge in [-0.15, -0.1) is 0 Å². The van der Waals surface area contributed by atoms with Crippen LogP contribution in [-0.4, -0.2) is 41.9 Å². The Balaban J connectivity index is 2.76. The SMILES string of the molecule is CCOP(=O)(CS(=O)(=O)Cn1cncn1)OCC. The monoisotopic (exact) mass is 297 g/mol. The van der Waals surface area contributed by atoms with Gasteiger partial charge < -0.3 is 9.05 Å². The zero-order valence-corrected chi connectivity index (χ0v) is 11.9. The fraction of sp³-hybridized carbons (Fsp3) is 0.750. The highest BCUT2D eigenvalue weighted by Crippen LogP contribution is 2.49. The lowest BCUT2D eigenvalue weighted by atomic mass is 10.9. The van der Waals surface area contributed by atoms with Crippen molar-refractivity contribution in [3.8, 4) is 0 Å². The Bertz CT molecular complexity index is 491. The van der Waals surface area contributed by atoms with E-state index < -0.39 is 28.8 Å². The Morgan fingerprint density at radius 3 is 2.33 bits per heavy atom. The molecule has 0 fully saturated rings. The molecular weight excluding hydrogens is 281 g/mol. The van der Waals surface area contributed by atoms with E-state index in [1.807, 2.05) is 0 Å². The molecule has 0 radical (unpaired) electrons. The van der Waals surface area contributed by atoms with E-state index in [4.69, 9.17) is 9.05 Å². The summed E-state index contributed by atoms with van der Waals surface area (Å²) in [7, 11) is -7.27. The number of hydrogen-bond acceptors (Lipinski definition) is 7. The zero-order valence-electron chi connectivity index (χ0n) is 10.2. The number of hydrogen-bond donors (Lipinski definition) is 0. The maximum absolute atomic E-state index is 12.1. The molecule has 0 aliphatic heterocycles. The second-order valence-electron chi connectivity index (χ2n) is 3.38. The summed E-state index contributed by atoms with van der Waals surface area (Å²) in [5, 5.41) is 3.68. The smallest absolute Gasteiger partial charge is 0.308 e. The highest BCUT2D eigenvalue weighted by atomic mass is 32.2. The van der Waals surface area contributed by atoms with Crippen molar-refractivity contribution >= 4 is 17.4 Å². The minimum absolute atomic E-state index is 0.121. The van der Waals surface area contributed by atoms with E-state index in [-0.39, 0.29) is 13.2 Å². The van der Waals surface area contributed by atoms with Crippen molar-refractivity contribution in [2.45, 2.75) is 19.7 Å². The molecule has 18 heavy (non-hydrogen) atoms. The Morgan fingerprint density at radius 1 is 1.28 bits per heavy atom. The highest BCUT2D eigenvalue weighted by Gasteiger charge is 2.31. The van der Waals surface area contributed by atoms with Crippen LogP contribution in [-0.2, 0) is 29.3 Å². The molecule has 1 aromatic rings. The fourth-order valence-electron chi connectivity index (χ4n) is 1.29. The van der Waals surface area contributed by atoms with E-state index in [0.29, 0.717) is 0 Å². The normalized spacial score (nSPS) is 12.8. The number of rotatable bonds is 8. The number of aromatic nitrogens is 3. The second kappa shape index (κ2) is 6.42. The van der Waals surface area contributed by atoms with Gasteiger partial charge in [0.25, 0.3) is 0 Å². The predicted octanol–water partition coefficient (Wildman–Crippen LogP) is 0.874. The molecule has 8 nitrogen and oxygen atoms in total. The molecule has 0 aliphatic carbocycles. The largest absolute Gasteiger partial charge is 0.345 e. The first-order valence-electron chi connectivity index (χ1n) is 5.32. The average Bonchev–Trinajstić information content (AvgIpc) is 2.68. The molecular formula is C8H16N3O5PS. The molecule has 0 saturated heterocycles. The predicted molar refractivity (Wildman–Crippen MR) is 64.7 cm³/mol. The van der Waals surface area contributed by atoms with Crippen molar-refractivity contribution < 1.29 is 22.0 Å². The van der Waals surface area contributed by atoms with Crippen LogP contribution in [0.15, 0.2) is 12.7 Å². The molecule has 0 saturated carbocycles. The summed E-state index contributed by atoms with van der Waals surface area (Å²) < 4.78 is 46.8. The molecule has 0 aliphatic rings. The van der Waals surface area contributed by atoms with Gasteiger partial charge in [0.2, 0.25) is 0 Å². The van der Waals surface area contributed by atoms with Crippen LogP contribution in [0.2, 0.25) is 0 Å². The Kier molecular flexibility index (Phi) is 5.46. The summed E-state index contributed by atoms with van der Waals surface area (Å²) in [5.74, 6) is -0.406. The third-order valence-corrected chi connectivity index (χ3v) is 6.60. The van der Waals surface area contributed by atoms with Crippen molar-refractivity contribution in [3.05, 3.63) is 12.7 Å². The van der Waals surface area contributed by atoms with Crippen molar-refractivity contribution in [3.63, 3.8) is 0 Å². The van der Waals surface area contributed by atoms with Crippen molar-refractivity contribution in [1.82, 2.24) is 14.8 Å². The summed E-state index contributed by atoms with van der Waals surface area (Å²) >= 11 is 0. The molecule has 1 rings (SSSR count). The Morgan fingerprint density at radius 2 is 1.89 bits per heavy atom. The van der Waals surface area contributed by atoms with Crippen LogP contribution in [0, 0.1) is 0 Å². The van der Waals surface area contributed by atoms with Crippen LogP contribution in [0.3, 0.4) is 0 Å². The minimum Gasteiger partial charge on any atom is -0.308 e. The molecule has 104 valence electrons. The summed E-state index contributed by atoms with van der Waals surface area (Å²) in [5.41, 5.74) is -0.665. The lowest BCUT2D eigenvalue weighted by Crippen LogP contribution is -2.17. The highest BCUT2D eigenvalue weighted by molar-refractivity contribution is 7.96. The van der Waals surface area contributed by atoms with Crippen LogP contribution in [0.5, 0.6) is 0 Å². The van der Waals surface area contributed by atoms with Crippen LogP contribution in [0.1, 0.15) is 13.8 Å². The Hall–Kier alpha value is -0.760.